The second kappa shape index (κ2) is 9.34. The summed E-state index contributed by atoms with van der Waals surface area (Å²) in [4.78, 5) is 31.8. The van der Waals surface area contributed by atoms with Crippen LogP contribution in [0.3, 0.4) is 0 Å². The first-order valence-corrected chi connectivity index (χ1v) is 11.0. The zero-order valence-corrected chi connectivity index (χ0v) is 17.9. The lowest BCUT2D eigenvalue weighted by Gasteiger charge is -2.32. The molecule has 0 aliphatic carbocycles. The Morgan fingerprint density at radius 2 is 2.16 bits per heavy atom. The van der Waals surface area contributed by atoms with E-state index >= 15 is 0 Å². The molecule has 2 aromatic heterocycles. The molecule has 31 heavy (non-hydrogen) atoms. The molecule has 1 aromatic carbocycles. The van der Waals surface area contributed by atoms with Crippen molar-refractivity contribution in [1.29, 1.82) is 0 Å². The smallest absolute Gasteiger partial charge is 0.273 e. The van der Waals surface area contributed by atoms with Crippen molar-refractivity contribution in [2.45, 2.75) is 32.9 Å². The summed E-state index contributed by atoms with van der Waals surface area (Å²) >= 11 is 1.37. The highest BCUT2D eigenvalue weighted by Crippen LogP contribution is 2.22. The number of rotatable bonds is 6. The number of benzene rings is 1. The predicted octanol–water partition coefficient (Wildman–Crippen LogP) is 2.66. The number of nitrogens with zero attached hydrogens (tertiary/aromatic N) is 5. The van der Waals surface area contributed by atoms with Crippen molar-refractivity contribution in [2.24, 2.45) is 5.92 Å². The number of hydrogen-bond donors (Lipinski definition) is 1. The van der Waals surface area contributed by atoms with Crippen molar-refractivity contribution in [3.8, 4) is 0 Å². The number of carbonyl (C=O) groups is 2. The third-order valence-corrected chi connectivity index (χ3v) is 6.28. The van der Waals surface area contributed by atoms with Gasteiger partial charge < -0.3 is 10.2 Å². The molecule has 0 spiro atoms. The van der Waals surface area contributed by atoms with E-state index in [1.807, 2.05) is 11.8 Å². The van der Waals surface area contributed by atoms with Gasteiger partial charge in [0.25, 0.3) is 11.8 Å². The molecule has 1 atom stereocenters. The standard InChI is InChI=1S/C21H23FN6O2S/c1-14-19(31-13-24-14)21(30)27-8-4-5-15(10-27)11-28-12-18(25-26-28)20(29)23-9-16-6-2-3-7-17(16)22/h2-3,6-7,12-13,15H,4-5,8-11H2,1H3,(H,23,29)/t15-/m0/s1. The number of aryl methyl sites for hydroxylation is 1. The largest absolute Gasteiger partial charge is 0.346 e. The monoisotopic (exact) mass is 442 g/mol. The van der Waals surface area contributed by atoms with Crippen LogP contribution in [-0.2, 0) is 13.1 Å². The van der Waals surface area contributed by atoms with Crippen LogP contribution in [0.2, 0.25) is 0 Å². The number of thiazole rings is 1. The zero-order chi connectivity index (χ0) is 21.8. The molecule has 1 N–H and O–H groups in total. The summed E-state index contributed by atoms with van der Waals surface area (Å²) < 4.78 is 15.3. The molecule has 10 heteroatoms. The third kappa shape index (κ3) is 4.96. The quantitative estimate of drug-likeness (QED) is 0.634. The molecule has 0 unspecified atom stereocenters. The first-order chi connectivity index (χ1) is 15.0. The van der Waals surface area contributed by atoms with Gasteiger partial charge in [-0.15, -0.1) is 16.4 Å². The summed E-state index contributed by atoms with van der Waals surface area (Å²) in [5, 5.41) is 10.7. The average Bonchev–Trinajstić information content (AvgIpc) is 3.41. The molecule has 3 heterocycles. The van der Waals surface area contributed by atoms with E-state index in [9.17, 15) is 14.0 Å². The van der Waals surface area contributed by atoms with E-state index in [1.165, 1.54) is 17.4 Å². The van der Waals surface area contributed by atoms with Crippen molar-refractivity contribution in [3.05, 3.63) is 63.6 Å². The van der Waals surface area contributed by atoms with Gasteiger partial charge in [-0.1, -0.05) is 23.4 Å². The Morgan fingerprint density at radius 1 is 1.32 bits per heavy atom. The Bertz CT molecular complexity index is 1080. The number of nitrogens with one attached hydrogen (secondary N) is 1. The van der Waals surface area contributed by atoms with Crippen LogP contribution in [0.25, 0.3) is 0 Å². The van der Waals surface area contributed by atoms with E-state index in [0.29, 0.717) is 23.5 Å². The van der Waals surface area contributed by atoms with Crippen molar-refractivity contribution in [2.75, 3.05) is 13.1 Å². The number of likely N-dealkylation sites (tertiary alicyclic amines) is 1. The Kier molecular flexibility index (Phi) is 6.36. The van der Waals surface area contributed by atoms with Gasteiger partial charge in [-0.05, 0) is 31.7 Å². The van der Waals surface area contributed by atoms with Gasteiger partial charge in [-0.3, -0.25) is 14.3 Å². The van der Waals surface area contributed by atoms with Crippen LogP contribution in [0, 0.1) is 18.7 Å². The van der Waals surface area contributed by atoms with Crippen LogP contribution in [0.4, 0.5) is 4.39 Å². The van der Waals surface area contributed by atoms with Gasteiger partial charge in [0.15, 0.2) is 5.69 Å². The van der Waals surface area contributed by atoms with Crippen LogP contribution in [0.5, 0.6) is 0 Å². The van der Waals surface area contributed by atoms with E-state index in [1.54, 1.807) is 34.6 Å². The van der Waals surface area contributed by atoms with E-state index in [-0.39, 0.29) is 29.9 Å². The lowest BCUT2D eigenvalue weighted by Crippen LogP contribution is -2.41. The molecule has 162 valence electrons. The van der Waals surface area contributed by atoms with Crippen LogP contribution >= 0.6 is 11.3 Å². The number of halogens is 1. The topological polar surface area (TPSA) is 93.0 Å². The molecule has 1 aliphatic rings. The normalized spacial score (nSPS) is 16.3. The van der Waals surface area contributed by atoms with Crippen molar-refractivity contribution < 1.29 is 14.0 Å². The van der Waals surface area contributed by atoms with Gasteiger partial charge in [0.05, 0.1) is 17.4 Å². The first-order valence-electron chi connectivity index (χ1n) is 10.1. The number of piperidine rings is 1. The summed E-state index contributed by atoms with van der Waals surface area (Å²) in [5.41, 5.74) is 3.05. The molecule has 3 aromatic rings. The van der Waals surface area contributed by atoms with Gasteiger partial charge in [0, 0.05) is 31.7 Å². The maximum absolute atomic E-state index is 13.7. The van der Waals surface area contributed by atoms with Crippen molar-refractivity contribution >= 4 is 23.2 Å². The number of carbonyl (C=O) groups excluding carboxylic acids is 2. The minimum absolute atomic E-state index is 0.0245. The summed E-state index contributed by atoms with van der Waals surface area (Å²) in [6, 6.07) is 6.29. The Labute approximate surface area is 183 Å². The van der Waals surface area contributed by atoms with Gasteiger partial charge in [0.2, 0.25) is 0 Å². The number of hydrogen-bond acceptors (Lipinski definition) is 6. The Morgan fingerprint density at radius 3 is 2.94 bits per heavy atom. The Balaban J connectivity index is 1.33. The van der Waals surface area contributed by atoms with Crippen LogP contribution in [-0.4, -0.2) is 49.8 Å². The molecule has 4 rings (SSSR count). The molecular weight excluding hydrogens is 419 g/mol. The highest BCUT2D eigenvalue weighted by molar-refractivity contribution is 7.11. The van der Waals surface area contributed by atoms with Crippen LogP contribution < -0.4 is 5.32 Å². The summed E-state index contributed by atoms with van der Waals surface area (Å²) in [6.45, 7) is 3.85. The highest BCUT2D eigenvalue weighted by atomic mass is 32.1. The van der Waals surface area contributed by atoms with Crippen LogP contribution in [0.15, 0.2) is 36.0 Å². The molecule has 8 nitrogen and oxygen atoms in total. The maximum atomic E-state index is 13.7. The molecule has 0 saturated carbocycles. The second-order valence-electron chi connectivity index (χ2n) is 7.63. The lowest BCUT2D eigenvalue weighted by atomic mass is 9.98. The molecule has 0 radical (unpaired) electrons. The van der Waals surface area contributed by atoms with Crippen LogP contribution in [0.1, 0.15) is 44.3 Å². The number of amides is 2. The highest BCUT2D eigenvalue weighted by Gasteiger charge is 2.27. The van der Waals surface area contributed by atoms with Gasteiger partial charge in [0.1, 0.15) is 10.7 Å². The fourth-order valence-corrected chi connectivity index (χ4v) is 4.48. The molecule has 1 fully saturated rings. The SMILES string of the molecule is Cc1ncsc1C(=O)N1CCC[C@H](Cn2cc(C(=O)NCc3ccccc3F)nn2)C1. The molecule has 2 amide bonds. The van der Waals surface area contributed by atoms with Gasteiger partial charge >= 0.3 is 0 Å². The summed E-state index contributed by atoms with van der Waals surface area (Å²) in [7, 11) is 0. The average molecular weight is 443 g/mol. The zero-order valence-electron chi connectivity index (χ0n) is 17.1. The summed E-state index contributed by atoms with van der Waals surface area (Å²) in [5.74, 6) is -0.523. The molecular formula is C21H23FN6O2S. The van der Waals surface area contributed by atoms with E-state index in [0.717, 1.165) is 25.1 Å². The fourth-order valence-electron chi connectivity index (χ4n) is 3.71. The molecule has 1 aliphatic heterocycles. The minimum atomic E-state index is -0.407. The van der Waals surface area contributed by atoms with Crippen molar-refractivity contribution in [1.82, 2.24) is 30.2 Å². The van der Waals surface area contributed by atoms with E-state index < -0.39 is 5.91 Å². The van der Waals surface area contributed by atoms with Gasteiger partial charge in [-0.25, -0.2) is 9.37 Å². The van der Waals surface area contributed by atoms with E-state index in [4.69, 9.17) is 0 Å². The minimum Gasteiger partial charge on any atom is -0.346 e. The maximum Gasteiger partial charge on any atom is 0.273 e. The first kappa shape index (κ1) is 21.1. The molecule has 1 saturated heterocycles. The molecule has 0 bridgehead atoms. The van der Waals surface area contributed by atoms with E-state index in [2.05, 4.69) is 20.6 Å². The Hall–Kier alpha value is -3.14. The predicted molar refractivity (Wildman–Crippen MR) is 113 cm³/mol. The second-order valence-corrected chi connectivity index (χ2v) is 8.48. The number of aromatic nitrogens is 4. The third-order valence-electron chi connectivity index (χ3n) is 5.36. The summed E-state index contributed by atoms with van der Waals surface area (Å²) in [6.07, 6.45) is 3.48. The van der Waals surface area contributed by atoms with Crippen molar-refractivity contribution in [3.63, 3.8) is 0 Å². The van der Waals surface area contributed by atoms with Gasteiger partial charge in [-0.2, -0.15) is 0 Å². The lowest BCUT2D eigenvalue weighted by molar-refractivity contribution is 0.0663. The fraction of sp³-hybridized carbons (Fsp3) is 0.381.